The van der Waals surface area contributed by atoms with Crippen LogP contribution in [0.2, 0.25) is 0 Å². The van der Waals surface area contributed by atoms with Crippen LogP contribution in [-0.2, 0) is 25.7 Å². The number of methoxy groups -OCH3 is 1. The lowest BCUT2D eigenvalue weighted by molar-refractivity contribution is -0.164. The number of allylic oxidation sites excluding steroid dienone is 2. The summed E-state index contributed by atoms with van der Waals surface area (Å²) in [5, 5.41) is 3.19. The molecule has 7 nitrogen and oxygen atoms in total. The summed E-state index contributed by atoms with van der Waals surface area (Å²) in [6.45, 7) is 4.25. The predicted molar refractivity (Wildman–Crippen MR) is 121 cm³/mol. The first-order valence-electron chi connectivity index (χ1n) is 10.6. The monoisotopic (exact) mass is 438 g/mol. The normalized spacial score (nSPS) is 22.4. The van der Waals surface area contributed by atoms with Gasteiger partial charge in [0.05, 0.1) is 6.61 Å². The fourth-order valence-corrected chi connectivity index (χ4v) is 4.20. The third kappa shape index (κ3) is 4.62. The van der Waals surface area contributed by atoms with E-state index in [1.165, 1.54) is 7.11 Å². The molecule has 3 atom stereocenters. The minimum Gasteiger partial charge on any atom is -0.489 e. The van der Waals surface area contributed by atoms with Crippen LogP contribution in [0.15, 0.2) is 66.4 Å². The van der Waals surface area contributed by atoms with Gasteiger partial charge < -0.3 is 25.3 Å². The first-order chi connectivity index (χ1) is 15.4. The number of carbonyl (C=O) groups excluding carboxylic acids is 2. The van der Waals surface area contributed by atoms with Crippen molar-refractivity contribution >= 4 is 11.9 Å². The number of ether oxygens (including phenoxy) is 3. The minimum atomic E-state index is -1.65. The van der Waals surface area contributed by atoms with Crippen LogP contribution in [0.1, 0.15) is 30.9 Å². The highest BCUT2D eigenvalue weighted by atomic mass is 16.6. The lowest BCUT2D eigenvalue weighted by atomic mass is 9.64. The van der Waals surface area contributed by atoms with Crippen LogP contribution in [-0.4, -0.2) is 38.2 Å². The number of para-hydroxylation sites is 1. The van der Waals surface area contributed by atoms with E-state index in [2.05, 4.69) is 5.32 Å². The predicted octanol–water partition coefficient (Wildman–Crippen LogP) is 2.91. The van der Waals surface area contributed by atoms with Crippen molar-refractivity contribution in [2.45, 2.75) is 32.4 Å². The first-order valence-corrected chi connectivity index (χ1v) is 10.6. The Morgan fingerprint density at radius 1 is 1.06 bits per heavy atom. The molecular formula is C25H30N2O5. The van der Waals surface area contributed by atoms with E-state index in [-0.39, 0.29) is 13.2 Å². The summed E-state index contributed by atoms with van der Waals surface area (Å²) in [6.07, 6.45) is 1.84. The third-order valence-corrected chi connectivity index (χ3v) is 5.79. The zero-order valence-electron chi connectivity index (χ0n) is 18.7. The molecule has 3 unspecified atom stereocenters. The van der Waals surface area contributed by atoms with Crippen molar-refractivity contribution < 1.29 is 23.8 Å². The van der Waals surface area contributed by atoms with Crippen LogP contribution in [0.4, 0.5) is 0 Å². The second kappa shape index (κ2) is 10.3. The molecule has 1 aliphatic heterocycles. The fourth-order valence-electron chi connectivity index (χ4n) is 4.20. The molecule has 2 aromatic carbocycles. The van der Waals surface area contributed by atoms with Crippen LogP contribution >= 0.6 is 0 Å². The molecular weight excluding hydrogens is 408 g/mol. The molecule has 0 aliphatic carbocycles. The maximum atomic E-state index is 13.3. The Balaban J connectivity index is 2.03. The lowest BCUT2D eigenvalue weighted by Gasteiger charge is -2.43. The second-order valence-electron chi connectivity index (χ2n) is 7.87. The minimum absolute atomic E-state index is 0.0264. The van der Waals surface area contributed by atoms with E-state index in [0.29, 0.717) is 17.9 Å². The van der Waals surface area contributed by atoms with E-state index >= 15 is 0 Å². The molecule has 0 radical (unpaired) electrons. The largest absolute Gasteiger partial charge is 0.489 e. The second-order valence-corrected chi connectivity index (χ2v) is 7.87. The number of esters is 1. The molecule has 0 aromatic heterocycles. The lowest BCUT2D eigenvalue weighted by Crippen LogP contribution is -2.61. The van der Waals surface area contributed by atoms with E-state index in [1.54, 1.807) is 6.92 Å². The molecule has 0 bridgehead atoms. The van der Waals surface area contributed by atoms with Crippen LogP contribution < -0.4 is 15.8 Å². The average Bonchev–Trinajstić information content (AvgIpc) is 2.78. The van der Waals surface area contributed by atoms with Crippen LogP contribution in [0.25, 0.3) is 0 Å². The van der Waals surface area contributed by atoms with Crippen molar-refractivity contribution in [1.82, 2.24) is 5.32 Å². The summed E-state index contributed by atoms with van der Waals surface area (Å²) < 4.78 is 16.5. The van der Waals surface area contributed by atoms with Gasteiger partial charge in [-0.15, -0.1) is 0 Å². The van der Waals surface area contributed by atoms with Crippen molar-refractivity contribution in [2.75, 3.05) is 20.3 Å². The first kappa shape index (κ1) is 23.3. The Morgan fingerprint density at radius 3 is 2.44 bits per heavy atom. The number of rotatable bonds is 9. The van der Waals surface area contributed by atoms with Gasteiger partial charge in [0.1, 0.15) is 19.0 Å². The average molecular weight is 439 g/mol. The molecule has 32 heavy (non-hydrogen) atoms. The summed E-state index contributed by atoms with van der Waals surface area (Å²) in [4.78, 5) is 26.3. The molecule has 0 saturated heterocycles. The number of primary amides is 1. The van der Waals surface area contributed by atoms with Gasteiger partial charge in [-0.1, -0.05) is 54.6 Å². The van der Waals surface area contributed by atoms with Crippen LogP contribution in [0.5, 0.6) is 5.75 Å². The van der Waals surface area contributed by atoms with Crippen LogP contribution in [0.3, 0.4) is 0 Å². The molecule has 1 aliphatic rings. The zero-order valence-corrected chi connectivity index (χ0v) is 18.7. The van der Waals surface area contributed by atoms with E-state index in [1.807, 2.05) is 67.6 Å². The molecule has 7 heteroatoms. The number of hydrogen-bond acceptors (Lipinski definition) is 6. The highest BCUT2D eigenvalue weighted by Crippen LogP contribution is 2.47. The number of benzene rings is 2. The van der Waals surface area contributed by atoms with Gasteiger partial charge in [-0.2, -0.15) is 0 Å². The van der Waals surface area contributed by atoms with Gasteiger partial charge in [0, 0.05) is 30.3 Å². The van der Waals surface area contributed by atoms with E-state index in [9.17, 15) is 9.59 Å². The fraction of sp³-hybridized carbons (Fsp3) is 0.360. The van der Waals surface area contributed by atoms with Crippen molar-refractivity contribution in [2.24, 2.45) is 11.1 Å². The molecule has 3 N–H and O–H groups in total. The van der Waals surface area contributed by atoms with Crippen molar-refractivity contribution in [3.8, 4) is 5.75 Å². The Hall–Kier alpha value is -3.32. The van der Waals surface area contributed by atoms with Gasteiger partial charge >= 0.3 is 5.97 Å². The molecule has 0 fully saturated rings. The Morgan fingerprint density at radius 2 is 1.75 bits per heavy atom. The van der Waals surface area contributed by atoms with E-state index < -0.39 is 29.3 Å². The number of amides is 1. The molecule has 1 amide bonds. The molecule has 1 heterocycles. The molecule has 0 spiro atoms. The number of carbonyl (C=O) groups is 2. The SMILES string of the molecule is COCCOC(=O)C1(C(N)=O)C(C)NC(C)=CC1c1ccccc1OCc1ccccc1. The number of nitrogens with one attached hydrogen (secondary N) is 1. The van der Waals surface area contributed by atoms with Crippen LogP contribution in [0, 0.1) is 5.41 Å². The van der Waals surface area contributed by atoms with E-state index in [0.717, 1.165) is 11.3 Å². The van der Waals surface area contributed by atoms with Gasteiger partial charge in [-0.05, 0) is 25.5 Å². The Kier molecular flexibility index (Phi) is 7.53. The molecule has 0 saturated carbocycles. The summed E-state index contributed by atoms with van der Waals surface area (Å²) in [5.41, 5.74) is 6.79. The van der Waals surface area contributed by atoms with Gasteiger partial charge in [0.2, 0.25) is 5.91 Å². The smallest absolute Gasteiger partial charge is 0.324 e. The maximum absolute atomic E-state index is 13.3. The van der Waals surface area contributed by atoms with Crippen molar-refractivity contribution in [1.29, 1.82) is 0 Å². The Labute approximate surface area is 188 Å². The van der Waals surface area contributed by atoms with Gasteiger partial charge in [-0.3, -0.25) is 9.59 Å². The highest BCUT2D eigenvalue weighted by molar-refractivity contribution is 6.04. The molecule has 3 rings (SSSR count). The van der Waals surface area contributed by atoms with Gasteiger partial charge in [-0.25, -0.2) is 0 Å². The summed E-state index contributed by atoms with van der Waals surface area (Å²) >= 11 is 0. The zero-order chi connectivity index (χ0) is 23.1. The van der Waals surface area contributed by atoms with E-state index in [4.69, 9.17) is 19.9 Å². The highest BCUT2D eigenvalue weighted by Gasteiger charge is 2.58. The van der Waals surface area contributed by atoms with Crippen molar-refractivity contribution in [3.05, 3.63) is 77.5 Å². The summed E-state index contributed by atoms with van der Waals surface area (Å²) in [6, 6.07) is 16.6. The molecule has 170 valence electrons. The van der Waals surface area contributed by atoms with Gasteiger partial charge in [0.25, 0.3) is 0 Å². The topological polar surface area (TPSA) is 99.9 Å². The van der Waals surface area contributed by atoms with Gasteiger partial charge in [0.15, 0.2) is 5.41 Å². The van der Waals surface area contributed by atoms with Crippen molar-refractivity contribution in [3.63, 3.8) is 0 Å². The summed E-state index contributed by atoms with van der Waals surface area (Å²) in [5.74, 6) is -1.53. The molecule has 2 aromatic rings. The standard InChI is InChI=1S/C25H30N2O5/c1-17-15-21(25(23(26)28,18(2)27-17)24(29)31-14-13-30-3)20-11-7-8-12-22(20)32-16-19-9-5-4-6-10-19/h4-12,15,18,21,27H,13-14,16H2,1-3H3,(H2,26,28). The Bertz CT molecular complexity index is 975. The number of hydrogen-bond donors (Lipinski definition) is 2. The summed E-state index contributed by atoms with van der Waals surface area (Å²) in [7, 11) is 1.51. The third-order valence-electron chi connectivity index (χ3n) is 5.79. The number of nitrogens with two attached hydrogens (primary N) is 1. The maximum Gasteiger partial charge on any atom is 0.324 e. The quantitative estimate of drug-likeness (QED) is 0.355.